The minimum absolute atomic E-state index is 0.0769. The molecule has 104 valence electrons. The first kappa shape index (κ1) is 14.9. The molecule has 0 fully saturated rings. The molecule has 2 aromatic rings. The molecule has 0 aliphatic carbocycles. The third-order valence-electron chi connectivity index (χ3n) is 2.49. The van der Waals surface area contributed by atoms with Crippen molar-refractivity contribution >= 4 is 40.5 Å². The fourth-order valence-electron chi connectivity index (χ4n) is 1.55. The molecule has 2 rings (SSSR count). The highest BCUT2D eigenvalue weighted by Gasteiger charge is 2.17. The molecule has 0 amide bonds. The number of benzene rings is 2. The van der Waals surface area contributed by atoms with Gasteiger partial charge in [-0.05, 0) is 23.8 Å². The Morgan fingerprint density at radius 3 is 2.50 bits per heavy atom. The standard InChI is InChI=1S/C13H8Cl3NO3/c14-7-8-1-4-12(11(5-8)17(18)19)20-13-6-9(15)2-3-10(13)16/h1-6H,7H2. The van der Waals surface area contributed by atoms with Gasteiger partial charge in [-0.3, -0.25) is 10.1 Å². The average molecular weight is 333 g/mol. The second-order valence-corrected chi connectivity index (χ2v) is 4.98. The van der Waals surface area contributed by atoms with Gasteiger partial charge in [0.2, 0.25) is 5.75 Å². The summed E-state index contributed by atoms with van der Waals surface area (Å²) in [5.74, 6) is 0.507. The molecule has 0 saturated carbocycles. The molecule has 0 saturated heterocycles. The maximum Gasteiger partial charge on any atom is 0.311 e. The van der Waals surface area contributed by atoms with Crippen LogP contribution in [0.25, 0.3) is 0 Å². The van der Waals surface area contributed by atoms with Gasteiger partial charge in [0.05, 0.1) is 9.95 Å². The first-order valence-electron chi connectivity index (χ1n) is 5.47. The summed E-state index contributed by atoms with van der Waals surface area (Å²) < 4.78 is 5.48. The van der Waals surface area contributed by atoms with E-state index in [4.69, 9.17) is 39.5 Å². The van der Waals surface area contributed by atoms with Crippen LogP contribution in [0.2, 0.25) is 10.0 Å². The number of alkyl halides is 1. The first-order chi connectivity index (χ1) is 9.51. The molecule has 0 aliphatic heterocycles. The third-order valence-corrected chi connectivity index (χ3v) is 3.34. The summed E-state index contributed by atoms with van der Waals surface area (Å²) >= 11 is 17.5. The van der Waals surface area contributed by atoms with E-state index < -0.39 is 4.92 Å². The zero-order valence-corrected chi connectivity index (χ0v) is 12.2. The van der Waals surface area contributed by atoms with Crippen molar-refractivity contribution in [3.63, 3.8) is 0 Å². The summed E-state index contributed by atoms with van der Waals surface area (Å²) in [6.45, 7) is 0. The van der Waals surface area contributed by atoms with Crippen molar-refractivity contribution in [2.75, 3.05) is 0 Å². The van der Waals surface area contributed by atoms with Gasteiger partial charge in [0.1, 0.15) is 5.75 Å². The van der Waals surface area contributed by atoms with Crippen LogP contribution in [0.15, 0.2) is 36.4 Å². The van der Waals surface area contributed by atoms with E-state index in [0.717, 1.165) is 0 Å². The minimum Gasteiger partial charge on any atom is -0.449 e. The molecule has 0 aromatic heterocycles. The lowest BCUT2D eigenvalue weighted by Crippen LogP contribution is -1.95. The Labute approximate surface area is 130 Å². The Bertz CT molecular complexity index is 661. The van der Waals surface area contributed by atoms with Crippen LogP contribution < -0.4 is 4.74 Å². The van der Waals surface area contributed by atoms with E-state index in [1.54, 1.807) is 18.2 Å². The number of halogens is 3. The number of hydrogen-bond acceptors (Lipinski definition) is 3. The number of rotatable bonds is 4. The van der Waals surface area contributed by atoms with E-state index in [-0.39, 0.29) is 23.1 Å². The van der Waals surface area contributed by atoms with Crippen molar-refractivity contribution in [3.05, 3.63) is 62.1 Å². The molecule has 0 unspecified atom stereocenters. The molecule has 7 heteroatoms. The summed E-state index contributed by atoms with van der Waals surface area (Å²) in [6.07, 6.45) is 0. The van der Waals surface area contributed by atoms with Gasteiger partial charge in [0.15, 0.2) is 0 Å². The minimum atomic E-state index is -0.538. The molecule has 0 N–H and O–H groups in total. The highest BCUT2D eigenvalue weighted by atomic mass is 35.5. The van der Waals surface area contributed by atoms with Gasteiger partial charge < -0.3 is 4.74 Å². The molecular weight excluding hydrogens is 325 g/mol. The molecule has 0 spiro atoms. The topological polar surface area (TPSA) is 52.4 Å². The van der Waals surface area contributed by atoms with Crippen LogP contribution in [-0.2, 0) is 5.88 Å². The van der Waals surface area contributed by atoms with Crippen LogP contribution in [0.1, 0.15) is 5.56 Å². The van der Waals surface area contributed by atoms with E-state index in [1.807, 2.05) is 0 Å². The van der Waals surface area contributed by atoms with Crippen LogP contribution in [0.3, 0.4) is 0 Å². The Morgan fingerprint density at radius 2 is 1.85 bits per heavy atom. The molecular formula is C13H8Cl3NO3. The van der Waals surface area contributed by atoms with Crippen molar-refractivity contribution in [1.82, 2.24) is 0 Å². The number of nitro benzene ring substituents is 1. The van der Waals surface area contributed by atoms with Crippen LogP contribution in [-0.4, -0.2) is 4.92 Å². The van der Waals surface area contributed by atoms with Crippen molar-refractivity contribution in [3.8, 4) is 11.5 Å². The van der Waals surface area contributed by atoms with E-state index in [1.165, 1.54) is 18.2 Å². The van der Waals surface area contributed by atoms with E-state index in [0.29, 0.717) is 15.6 Å². The van der Waals surface area contributed by atoms with Gasteiger partial charge in [-0.25, -0.2) is 0 Å². The monoisotopic (exact) mass is 331 g/mol. The summed E-state index contributed by atoms with van der Waals surface area (Å²) in [5, 5.41) is 11.8. The Balaban J connectivity index is 2.42. The van der Waals surface area contributed by atoms with Crippen LogP contribution >= 0.6 is 34.8 Å². The number of hydrogen-bond donors (Lipinski definition) is 0. The zero-order valence-electron chi connectivity index (χ0n) is 9.98. The van der Waals surface area contributed by atoms with Crippen molar-refractivity contribution in [2.45, 2.75) is 5.88 Å². The third kappa shape index (κ3) is 3.33. The van der Waals surface area contributed by atoms with Crippen molar-refractivity contribution in [2.24, 2.45) is 0 Å². The molecule has 0 radical (unpaired) electrons. The molecule has 0 heterocycles. The summed E-state index contributed by atoms with van der Waals surface area (Å²) in [7, 11) is 0. The van der Waals surface area contributed by atoms with E-state index in [2.05, 4.69) is 0 Å². The SMILES string of the molecule is O=[N+]([O-])c1cc(CCl)ccc1Oc1cc(Cl)ccc1Cl. The fourth-order valence-corrected chi connectivity index (χ4v) is 2.03. The number of nitrogens with zero attached hydrogens (tertiary/aromatic N) is 1. The van der Waals surface area contributed by atoms with Gasteiger partial charge in [0, 0.05) is 23.0 Å². The van der Waals surface area contributed by atoms with Gasteiger partial charge in [0.25, 0.3) is 0 Å². The van der Waals surface area contributed by atoms with Crippen LogP contribution in [0, 0.1) is 10.1 Å². The Kier molecular flexibility index (Phi) is 4.70. The van der Waals surface area contributed by atoms with E-state index in [9.17, 15) is 10.1 Å². The first-order valence-corrected chi connectivity index (χ1v) is 6.76. The molecule has 0 bridgehead atoms. The van der Waals surface area contributed by atoms with E-state index >= 15 is 0 Å². The molecule has 2 aromatic carbocycles. The lowest BCUT2D eigenvalue weighted by Gasteiger charge is -2.09. The van der Waals surface area contributed by atoms with Crippen LogP contribution in [0.5, 0.6) is 11.5 Å². The highest BCUT2D eigenvalue weighted by molar-refractivity contribution is 6.34. The Hall–Kier alpha value is -1.49. The molecule has 20 heavy (non-hydrogen) atoms. The summed E-state index contributed by atoms with van der Waals surface area (Å²) in [5.41, 5.74) is 0.446. The summed E-state index contributed by atoms with van der Waals surface area (Å²) in [4.78, 5) is 10.5. The Morgan fingerprint density at radius 1 is 1.10 bits per heavy atom. The van der Waals surface area contributed by atoms with Gasteiger partial charge in [-0.15, -0.1) is 11.6 Å². The maximum absolute atomic E-state index is 11.1. The lowest BCUT2D eigenvalue weighted by atomic mass is 10.2. The quantitative estimate of drug-likeness (QED) is 0.426. The van der Waals surface area contributed by atoms with Crippen LogP contribution in [0.4, 0.5) is 5.69 Å². The van der Waals surface area contributed by atoms with Gasteiger partial charge in [-0.2, -0.15) is 0 Å². The van der Waals surface area contributed by atoms with Crippen molar-refractivity contribution in [1.29, 1.82) is 0 Å². The molecule has 0 aliphatic rings. The molecule has 0 atom stereocenters. The van der Waals surface area contributed by atoms with Gasteiger partial charge >= 0.3 is 5.69 Å². The predicted molar refractivity (Wildman–Crippen MR) is 79.2 cm³/mol. The highest BCUT2D eigenvalue weighted by Crippen LogP contribution is 2.36. The smallest absolute Gasteiger partial charge is 0.311 e. The zero-order chi connectivity index (χ0) is 14.7. The maximum atomic E-state index is 11.1. The van der Waals surface area contributed by atoms with Crippen molar-refractivity contribution < 1.29 is 9.66 Å². The second-order valence-electron chi connectivity index (χ2n) is 3.87. The van der Waals surface area contributed by atoms with Gasteiger partial charge in [-0.1, -0.05) is 29.3 Å². The second kappa shape index (κ2) is 6.31. The number of nitro groups is 1. The fraction of sp³-hybridized carbons (Fsp3) is 0.0769. The lowest BCUT2D eigenvalue weighted by molar-refractivity contribution is -0.385. The summed E-state index contributed by atoms with van der Waals surface area (Å²) in [6, 6.07) is 9.13. The number of ether oxygens (including phenoxy) is 1. The predicted octanol–water partition coefficient (Wildman–Crippen LogP) is 5.43. The average Bonchev–Trinajstić information content (AvgIpc) is 2.43. The largest absolute Gasteiger partial charge is 0.449 e. The molecule has 4 nitrogen and oxygen atoms in total. The normalized spacial score (nSPS) is 10.3.